The average Bonchev–Trinajstić information content (AvgIpc) is 2.37. The number of halogens is 1. The van der Waals surface area contributed by atoms with Crippen LogP contribution in [0.4, 0.5) is 17.1 Å². The molecule has 0 aliphatic carbocycles. The quantitative estimate of drug-likeness (QED) is 0.801. The number of methoxy groups -OCH3 is 1. The summed E-state index contributed by atoms with van der Waals surface area (Å²) < 4.78 is 11.0. The van der Waals surface area contributed by atoms with Gasteiger partial charge in [0.05, 0.1) is 18.9 Å². The Morgan fingerprint density at radius 1 is 1.14 bits per heavy atom. The molecule has 2 aromatic carbocycles. The average molecular weight is 307 g/mol. The first-order valence-corrected chi connectivity index (χ1v) is 7.03. The Morgan fingerprint density at radius 3 is 2.57 bits per heavy atom. The summed E-state index contributed by atoms with van der Waals surface area (Å²) in [6.07, 6.45) is 0.0837. The Morgan fingerprint density at radius 2 is 1.90 bits per heavy atom. The van der Waals surface area contributed by atoms with Gasteiger partial charge in [0.2, 0.25) is 0 Å². The third kappa shape index (κ3) is 4.20. The fourth-order valence-electron chi connectivity index (χ4n) is 1.97. The molecule has 5 heteroatoms. The summed E-state index contributed by atoms with van der Waals surface area (Å²) in [5.74, 6) is 1.42. The number of hydrogen-bond donors (Lipinski definition) is 2. The highest BCUT2D eigenvalue weighted by molar-refractivity contribution is 6.31. The van der Waals surface area contributed by atoms with Crippen LogP contribution in [0.5, 0.6) is 11.5 Å². The minimum Gasteiger partial charge on any atom is -0.495 e. The van der Waals surface area contributed by atoms with Crippen LogP contribution < -0.4 is 20.5 Å². The largest absolute Gasteiger partial charge is 0.495 e. The van der Waals surface area contributed by atoms with Gasteiger partial charge in [-0.3, -0.25) is 0 Å². The van der Waals surface area contributed by atoms with Gasteiger partial charge >= 0.3 is 0 Å². The highest BCUT2D eigenvalue weighted by Gasteiger charge is 2.07. The van der Waals surface area contributed by atoms with E-state index in [1.165, 1.54) is 0 Å². The molecule has 3 N–H and O–H groups in total. The zero-order valence-electron chi connectivity index (χ0n) is 12.3. The second-order valence-electron chi connectivity index (χ2n) is 4.93. The maximum atomic E-state index is 6.03. The van der Waals surface area contributed by atoms with Crippen molar-refractivity contribution in [1.82, 2.24) is 0 Å². The van der Waals surface area contributed by atoms with Crippen LogP contribution in [0, 0.1) is 0 Å². The summed E-state index contributed by atoms with van der Waals surface area (Å²) in [4.78, 5) is 0. The lowest BCUT2D eigenvalue weighted by atomic mass is 10.2. The van der Waals surface area contributed by atoms with E-state index in [9.17, 15) is 0 Å². The van der Waals surface area contributed by atoms with Crippen molar-refractivity contribution in [2.45, 2.75) is 20.0 Å². The van der Waals surface area contributed by atoms with Crippen molar-refractivity contribution in [3.8, 4) is 11.5 Å². The molecule has 0 atom stereocenters. The molecule has 2 aromatic rings. The van der Waals surface area contributed by atoms with E-state index < -0.39 is 0 Å². The number of nitrogens with two attached hydrogens (primary N) is 1. The molecule has 0 unspecified atom stereocenters. The molecule has 0 heterocycles. The van der Waals surface area contributed by atoms with Crippen LogP contribution >= 0.6 is 11.6 Å². The number of ether oxygens (including phenoxy) is 2. The van der Waals surface area contributed by atoms with Gasteiger partial charge in [0, 0.05) is 28.5 Å². The van der Waals surface area contributed by atoms with E-state index in [4.69, 9.17) is 26.8 Å². The molecule has 0 amide bonds. The van der Waals surface area contributed by atoms with E-state index in [1.807, 2.05) is 32.0 Å². The van der Waals surface area contributed by atoms with Gasteiger partial charge in [-0.25, -0.2) is 0 Å². The number of nitrogen functional groups attached to an aromatic ring is 1. The van der Waals surface area contributed by atoms with Crippen LogP contribution in [-0.2, 0) is 0 Å². The summed E-state index contributed by atoms with van der Waals surface area (Å²) >= 11 is 6.03. The minimum absolute atomic E-state index is 0.0837. The molecule has 4 nitrogen and oxygen atoms in total. The predicted octanol–water partition coefficient (Wildman–Crippen LogP) is 4.46. The predicted molar refractivity (Wildman–Crippen MR) is 87.9 cm³/mol. The topological polar surface area (TPSA) is 56.5 Å². The molecule has 0 saturated heterocycles. The molecular weight excluding hydrogens is 288 g/mol. The molecule has 0 saturated carbocycles. The summed E-state index contributed by atoms with van der Waals surface area (Å²) in [5.41, 5.74) is 8.11. The second kappa shape index (κ2) is 6.59. The van der Waals surface area contributed by atoms with E-state index in [2.05, 4.69) is 5.32 Å². The maximum Gasteiger partial charge on any atom is 0.142 e. The van der Waals surface area contributed by atoms with Gasteiger partial charge in [0.15, 0.2) is 0 Å². The zero-order valence-corrected chi connectivity index (χ0v) is 13.1. The standard InChI is InChI=1S/C16H19ClN2O2/c1-10(2)21-14-8-12(18)7-13(9-14)19-15-6-11(17)4-5-16(15)20-3/h4-10,19H,18H2,1-3H3. The number of benzene rings is 2. The van der Waals surface area contributed by atoms with E-state index in [0.717, 1.165) is 11.4 Å². The molecule has 0 spiro atoms. The Bertz CT molecular complexity index is 630. The highest BCUT2D eigenvalue weighted by Crippen LogP contribution is 2.32. The Labute approximate surface area is 129 Å². The van der Waals surface area contributed by atoms with E-state index in [1.54, 1.807) is 25.3 Å². The molecule has 0 aliphatic heterocycles. The van der Waals surface area contributed by atoms with Crippen molar-refractivity contribution in [2.75, 3.05) is 18.2 Å². The number of rotatable bonds is 5. The van der Waals surface area contributed by atoms with Gasteiger partial charge in [-0.1, -0.05) is 11.6 Å². The smallest absolute Gasteiger partial charge is 0.142 e. The van der Waals surface area contributed by atoms with Gasteiger partial charge in [0.1, 0.15) is 11.5 Å². The molecule has 112 valence electrons. The molecule has 0 radical (unpaired) electrons. The first kappa shape index (κ1) is 15.3. The Balaban J connectivity index is 2.31. The molecule has 0 aromatic heterocycles. The van der Waals surface area contributed by atoms with Crippen molar-refractivity contribution < 1.29 is 9.47 Å². The minimum atomic E-state index is 0.0837. The highest BCUT2D eigenvalue weighted by atomic mass is 35.5. The molecular formula is C16H19ClN2O2. The first-order valence-electron chi connectivity index (χ1n) is 6.65. The molecule has 0 aliphatic rings. The number of nitrogens with one attached hydrogen (secondary N) is 1. The molecule has 21 heavy (non-hydrogen) atoms. The summed E-state index contributed by atoms with van der Waals surface area (Å²) in [7, 11) is 1.61. The second-order valence-corrected chi connectivity index (χ2v) is 5.36. The molecule has 0 fully saturated rings. The SMILES string of the molecule is COc1ccc(Cl)cc1Nc1cc(N)cc(OC(C)C)c1. The van der Waals surface area contributed by atoms with Crippen LogP contribution in [0.15, 0.2) is 36.4 Å². The molecule has 0 bridgehead atoms. The van der Waals surface area contributed by atoms with Gasteiger partial charge in [-0.2, -0.15) is 0 Å². The lowest BCUT2D eigenvalue weighted by molar-refractivity contribution is 0.242. The van der Waals surface area contributed by atoms with Gasteiger partial charge in [-0.05, 0) is 38.1 Å². The van der Waals surface area contributed by atoms with Crippen molar-refractivity contribution in [3.63, 3.8) is 0 Å². The van der Waals surface area contributed by atoms with E-state index in [-0.39, 0.29) is 6.10 Å². The van der Waals surface area contributed by atoms with Crippen molar-refractivity contribution in [2.24, 2.45) is 0 Å². The zero-order chi connectivity index (χ0) is 15.4. The van der Waals surface area contributed by atoms with Crippen LogP contribution in [0.1, 0.15) is 13.8 Å². The Hall–Kier alpha value is -2.07. The van der Waals surface area contributed by atoms with Crippen LogP contribution in [0.2, 0.25) is 5.02 Å². The third-order valence-electron chi connectivity index (χ3n) is 2.74. The number of hydrogen-bond acceptors (Lipinski definition) is 4. The summed E-state index contributed by atoms with van der Waals surface area (Å²) in [5, 5.41) is 3.88. The van der Waals surface area contributed by atoms with Crippen LogP contribution in [0.3, 0.4) is 0 Å². The lowest BCUT2D eigenvalue weighted by Crippen LogP contribution is -2.06. The summed E-state index contributed by atoms with van der Waals surface area (Å²) in [6, 6.07) is 10.9. The number of anilines is 3. The van der Waals surface area contributed by atoms with Crippen molar-refractivity contribution in [3.05, 3.63) is 41.4 Å². The third-order valence-corrected chi connectivity index (χ3v) is 2.98. The van der Waals surface area contributed by atoms with E-state index >= 15 is 0 Å². The Kier molecular flexibility index (Phi) is 4.81. The summed E-state index contributed by atoms with van der Waals surface area (Å²) in [6.45, 7) is 3.94. The maximum absolute atomic E-state index is 6.03. The van der Waals surface area contributed by atoms with Gasteiger partial charge in [0.25, 0.3) is 0 Å². The first-order chi connectivity index (χ1) is 9.97. The van der Waals surface area contributed by atoms with E-state index in [0.29, 0.717) is 22.2 Å². The van der Waals surface area contributed by atoms with Crippen LogP contribution in [0.25, 0.3) is 0 Å². The van der Waals surface area contributed by atoms with Gasteiger partial charge in [-0.15, -0.1) is 0 Å². The monoisotopic (exact) mass is 306 g/mol. The normalized spacial score (nSPS) is 10.5. The van der Waals surface area contributed by atoms with Crippen LogP contribution in [-0.4, -0.2) is 13.2 Å². The van der Waals surface area contributed by atoms with Crippen molar-refractivity contribution in [1.29, 1.82) is 0 Å². The van der Waals surface area contributed by atoms with Gasteiger partial charge < -0.3 is 20.5 Å². The fourth-order valence-corrected chi connectivity index (χ4v) is 2.14. The molecule has 2 rings (SSSR count). The van der Waals surface area contributed by atoms with Crippen molar-refractivity contribution >= 4 is 28.7 Å². The fraction of sp³-hybridized carbons (Fsp3) is 0.250. The lowest BCUT2D eigenvalue weighted by Gasteiger charge is -2.15.